The Hall–Kier alpha value is -2.68. The molecule has 1 unspecified atom stereocenters. The second-order valence-corrected chi connectivity index (χ2v) is 11.5. The van der Waals surface area contributed by atoms with Crippen molar-refractivity contribution in [1.82, 2.24) is 20.1 Å². The predicted octanol–water partition coefficient (Wildman–Crippen LogP) is 4.49. The summed E-state index contributed by atoms with van der Waals surface area (Å²) < 4.78 is 21.0. The van der Waals surface area contributed by atoms with Gasteiger partial charge < -0.3 is 24.8 Å². The lowest BCUT2D eigenvalue weighted by Gasteiger charge is -2.48. The topological polar surface area (TPSA) is 73.3 Å². The van der Waals surface area contributed by atoms with E-state index in [1.54, 1.807) is 6.20 Å². The van der Waals surface area contributed by atoms with Crippen molar-refractivity contribution in [2.45, 2.75) is 91.6 Å². The molecule has 9 heteroatoms. The number of piperazine rings is 1. The quantitative estimate of drug-likeness (QED) is 0.645. The van der Waals surface area contributed by atoms with Gasteiger partial charge in [-0.2, -0.15) is 0 Å². The second kappa shape index (κ2) is 10.00. The monoisotopic (exact) mass is 500 g/mol. The maximum absolute atomic E-state index is 15.3. The molecule has 8 nitrogen and oxygen atoms in total. The van der Waals surface area contributed by atoms with Crippen molar-refractivity contribution in [3.05, 3.63) is 35.0 Å². The molecule has 0 radical (unpaired) electrons. The molecule has 1 aromatic heterocycles. The van der Waals surface area contributed by atoms with E-state index in [1.165, 1.54) is 6.07 Å². The fourth-order valence-corrected chi connectivity index (χ4v) is 5.35. The summed E-state index contributed by atoms with van der Waals surface area (Å²) in [6, 6.07) is 1.47. The molecule has 0 spiro atoms. The van der Waals surface area contributed by atoms with E-state index < -0.39 is 5.60 Å². The lowest BCUT2D eigenvalue weighted by molar-refractivity contribution is 0.000369. The van der Waals surface area contributed by atoms with E-state index in [2.05, 4.69) is 29.0 Å². The van der Waals surface area contributed by atoms with Gasteiger partial charge in [-0.05, 0) is 66.5 Å². The molecule has 4 heterocycles. The fraction of sp³-hybridized carbons (Fsp3) is 0.667. The Balaban J connectivity index is 1.67. The number of aromatic nitrogens is 1. The molecule has 1 amide bonds. The summed E-state index contributed by atoms with van der Waals surface area (Å²) in [4.78, 5) is 28.7. The van der Waals surface area contributed by atoms with Crippen LogP contribution in [0.1, 0.15) is 73.4 Å². The van der Waals surface area contributed by atoms with Gasteiger partial charge in [-0.1, -0.05) is 13.8 Å². The zero-order chi connectivity index (χ0) is 26.4. The van der Waals surface area contributed by atoms with Crippen LogP contribution in [0.15, 0.2) is 28.5 Å². The number of hydrogen-bond donors (Lipinski definition) is 1. The van der Waals surface area contributed by atoms with Gasteiger partial charge in [-0.15, -0.1) is 0 Å². The lowest BCUT2D eigenvalue weighted by atomic mass is 9.97. The zero-order valence-electron chi connectivity index (χ0n) is 22.9. The first-order valence-electron chi connectivity index (χ1n) is 13.1. The average molecular weight is 501 g/mol. The van der Waals surface area contributed by atoms with Crippen LogP contribution in [0.5, 0.6) is 0 Å². The highest BCUT2D eigenvalue weighted by molar-refractivity contribution is 6.01. The van der Waals surface area contributed by atoms with Crippen molar-refractivity contribution in [3.8, 4) is 0 Å². The number of carbonyl (C=O) groups is 1. The van der Waals surface area contributed by atoms with Crippen molar-refractivity contribution in [1.29, 1.82) is 0 Å². The lowest BCUT2D eigenvalue weighted by Crippen LogP contribution is -2.61. The van der Waals surface area contributed by atoms with E-state index in [-0.39, 0.29) is 36.1 Å². The van der Waals surface area contributed by atoms with Crippen molar-refractivity contribution < 1.29 is 13.9 Å². The smallest absolute Gasteiger partial charge is 0.410 e. The molecule has 0 aliphatic carbocycles. The third kappa shape index (κ3) is 5.08. The van der Waals surface area contributed by atoms with Crippen LogP contribution >= 0.6 is 0 Å². The zero-order valence-corrected chi connectivity index (χ0v) is 22.9. The highest BCUT2D eigenvalue weighted by Gasteiger charge is 2.40. The molecule has 4 rings (SSSR count). The third-order valence-electron chi connectivity index (χ3n) is 7.01. The molecule has 1 fully saturated rings. The van der Waals surface area contributed by atoms with Crippen molar-refractivity contribution in [3.63, 3.8) is 0 Å². The number of amidine groups is 1. The van der Waals surface area contributed by atoms with Crippen LogP contribution in [0.2, 0.25) is 0 Å². The Morgan fingerprint density at radius 2 is 1.92 bits per heavy atom. The van der Waals surface area contributed by atoms with E-state index in [1.807, 2.05) is 51.3 Å². The van der Waals surface area contributed by atoms with E-state index >= 15 is 4.39 Å². The van der Waals surface area contributed by atoms with Gasteiger partial charge in [0.2, 0.25) is 0 Å². The molecule has 0 saturated carbocycles. The van der Waals surface area contributed by atoms with E-state index in [9.17, 15) is 4.79 Å². The maximum atomic E-state index is 15.3. The van der Waals surface area contributed by atoms with Crippen LogP contribution in [0, 0.1) is 5.82 Å². The normalized spacial score (nSPS) is 25.2. The number of halogens is 1. The van der Waals surface area contributed by atoms with Gasteiger partial charge in [0.25, 0.3) is 0 Å². The first-order valence-corrected chi connectivity index (χ1v) is 13.1. The van der Waals surface area contributed by atoms with Gasteiger partial charge in [0.05, 0.1) is 5.69 Å². The summed E-state index contributed by atoms with van der Waals surface area (Å²) in [6.45, 7) is 18.6. The van der Waals surface area contributed by atoms with Crippen molar-refractivity contribution in [2.75, 3.05) is 31.1 Å². The first-order chi connectivity index (χ1) is 16.9. The van der Waals surface area contributed by atoms with Crippen molar-refractivity contribution in [2.24, 2.45) is 4.99 Å². The summed E-state index contributed by atoms with van der Waals surface area (Å²) >= 11 is 0. The number of pyridine rings is 1. The molecule has 1 N–H and O–H groups in total. The SMILES string of the molecule is CC(C)c1nccc(F)c1N1C2=C(CCNC2)C(N2C[C@@H](C)N(C(=O)OC(C)(C)C)C[C@@H]2C)=NC1C. The molecular formula is C27H41FN6O2. The maximum Gasteiger partial charge on any atom is 0.410 e. The third-order valence-corrected chi connectivity index (χ3v) is 7.01. The molecule has 0 bridgehead atoms. The number of aliphatic imine (C=N–C) groups is 1. The Bertz CT molecular complexity index is 1060. The number of nitrogens with one attached hydrogen (secondary N) is 1. The number of anilines is 1. The molecular weight excluding hydrogens is 459 g/mol. The van der Waals surface area contributed by atoms with Gasteiger partial charge in [-0.3, -0.25) is 4.98 Å². The Kier molecular flexibility index (Phi) is 7.33. The molecule has 198 valence electrons. The summed E-state index contributed by atoms with van der Waals surface area (Å²) in [5, 5.41) is 3.47. The largest absolute Gasteiger partial charge is 0.444 e. The van der Waals surface area contributed by atoms with E-state index in [4.69, 9.17) is 9.73 Å². The molecule has 3 aliphatic heterocycles. The van der Waals surface area contributed by atoms with Gasteiger partial charge in [0.15, 0.2) is 0 Å². The van der Waals surface area contributed by atoms with Crippen molar-refractivity contribution >= 4 is 17.6 Å². The molecule has 3 atom stereocenters. The highest BCUT2D eigenvalue weighted by Crippen LogP contribution is 2.38. The van der Waals surface area contributed by atoms with Crippen LogP contribution in [0.25, 0.3) is 0 Å². The summed E-state index contributed by atoms with van der Waals surface area (Å²) in [5.41, 5.74) is 2.94. The first kappa shape index (κ1) is 26.4. The Labute approximate surface area is 214 Å². The Morgan fingerprint density at radius 3 is 2.58 bits per heavy atom. The van der Waals surface area contributed by atoms with Gasteiger partial charge >= 0.3 is 6.09 Å². The standard InChI is InChI=1S/C27H41FN6O2/c1-16(2)23-24(21(28)10-12-30-23)34-19(5)31-25(20-9-11-29-13-22(20)34)32-14-18(4)33(15-17(32)3)26(35)36-27(6,7)8/h10,12,16-19,29H,9,11,13-15H2,1-8H3/t17-,18+,19?/m0/s1. The average Bonchev–Trinajstić information content (AvgIpc) is 2.79. The minimum absolute atomic E-state index is 0.0267. The van der Waals surface area contributed by atoms with Gasteiger partial charge in [-0.25, -0.2) is 14.2 Å². The second-order valence-electron chi connectivity index (χ2n) is 11.5. The van der Waals surface area contributed by atoms with E-state index in [0.29, 0.717) is 25.3 Å². The van der Waals surface area contributed by atoms with Gasteiger partial charge in [0.1, 0.15) is 29.1 Å². The highest BCUT2D eigenvalue weighted by atomic mass is 19.1. The molecule has 36 heavy (non-hydrogen) atoms. The Morgan fingerprint density at radius 1 is 1.19 bits per heavy atom. The number of amides is 1. The van der Waals surface area contributed by atoms with E-state index in [0.717, 1.165) is 35.8 Å². The molecule has 0 aromatic carbocycles. The number of rotatable bonds is 2. The van der Waals surface area contributed by atoms with Crippen LogP contribution in [-0.4, -0.2) is 76.7 Å². The number of nitrogens with zero attached hydrogens (tertiary/aromatic N) is 5. The minimum atomic E-state index is -0.533. The number of hydrogen-bond acceptors (Lipinski definition) is 7. The van der Waals surface area contributed by atoms with Crippen LogP contribution in [0.3, 0.4) is 0 Å². The summed E-state index contributed by atoms with van der Waals surface area (Å²) in [6.07, 6.45) is 1.78. The van der Waals surface area contributed by atoms with Crippen LogP contribution < -0.4 is 10.2 Å². The summed E-state index contributed by atoms with van der Waals surface area (Å²) in [5.74, 6) is 0.772. The van der Waals surface area contributed by atoms with Crippen LogP contribution in [0.4, 0.5) is 14.9 Å². The van der Waals surface area contributed by atoms with Crippen LogP contribution in [-0.2, 0) is 4.74 Å². The minimum Gasteiger partial charge on any atom is -0.444 e. The molecule has 1 saturated heterocycles. The fourth-order valence-electron chi connectivity index (χ4n) is 5.35. The molecule has 3 aliphatic rings. The summed E-state index contributed by atoms with van der Waals surface area (Å²) in [7, 11) is 0. The number of carbonyl (C=O) groups excluding carboxylic acids is 1. The molecule has 1 aromatic rings. The van der Waals surface area contributed by atoms with Gasteiger partial charge in [0, 0.05) is 49.2 Å². The number of ether oxygens (including phenoxy) is 1. The predicted molar refractivity (Wildman–Crippen MR) is 141 cm³/mol.